The topological polar surface area (TPSA) is 38.3 Å². The van der Waals surface area contributed by atoms with Crippen LogP contribution in [0.1, 0.15) is 32.3 Å². The molecule has 0 aromatic heterocycles. The van der Waals surface area contributed by atoms with E-state index in [2.05, 4.69) is 18.3 Å². The molecule has 3 nitrogen and oxygen atoms in total. The average Bonchev–Trinajstić information content (AvgIpc) is 3.08. The smallest absolute Gasteiger partial charge is 0.143 e. The van der Waals surface area contributed by atoms with Crippen LogP contribution in [-0.2, 0) is 10.2 Å². The summed E-state index contributed by atoms with van der Waals surface area (Å²) in [5.41, 5.74) is 2.52. The van der Waals surface area contributed by atoms with Gasteiger partial charge in [-0.3, -0.25) is 0 Å². The molecule has 1 aromatic carbocycles. The van der Waals surface area contributed by atoms with Gasteiger partial charge in [0.05, 0.1) is 12.8 Å². The van der Waals surface area contributed by atoms with Crippen molar-refractivity contribution in [1.29, 1.82) is 0 Å². The first-order valence-corrected chi connectivity index (χ1v) is 6.35. The van der Waals surface area contributed by atoms with Crippen molar-refractivity contribution in [2.24, 2.45) is 0 Å². The summed E-state index contributed by atoms with van der Waals surface area (Å²) in [6, 6.07) is 4.00. The van der Waals surface area contributed by atoms with E-state index in [1.807, 2.05) is 13.1 Å². The Kier molecular flexibility index (Phi) is 5.03. The zero-order chi connectivity index (χ0) is 13.8. The minimum atomic E-state index is 0.287. The molecule has 18 heavy (non-hydrogen) atoms. The number of hydrogen-bond donors (Lipinski definition) is 1. The Bertz CT molecular complexity index is 428. The van der Waals surface area contributed by atoms with Gasteiger partial charge in [-0.1, -0.05) is 18.5 Å². The van der Waals surface area contributed by atoms with E-state index in [1.165, 1.54) is 25.3 Å². The molecule has 1 aliphatic carbocycles. The van der Waals surface area contributed by atoms with Gasteiger partial charge in [0, 0.05) is 18.1 Å². The Hall–Kier alpha value is -1.22. The average molecular weight is 270 g/mol. The molecule has 0 heterocycles. The number of ether oxygens (including phenoxy) is 1. The highest BCUT2D eigenvalue weighted by molar-refractivity contribution is 6.31. The van der Waals surface area contributed by atoms with Crippen LogP contribution >= 0.6 is 11.6 Å². The molecule has 0 amide bonds. The maximum Gasteiger partial charge on any atom is 0.143 e. The predicted molar refractivity (Wildman–Crippen MR) is 75.9 cm³/mol. The summed E-state index contributed by atoms with van der Waals surface area (Å²) in [7, 11) is 3.55. The van der Waals surface area contributed by atoms with Crippen LogP contribution in [0.4, 0.5) is 5.69 Å². The number of carbonyl (C=O) groups is 1. The highest BCUT2D eigenvalue weighted by Crippen LogP contribution is 2.51. The van der Waals surface area contributed by atoms with Gasteiger partial charge in [-0.25, -0.2) is 0 Å². The van der Waals surface area contributed by atoms with Crippen molar-refractivity contribution in [3.8, 4) is 5.75 Å². The number of halogens is 1. The normalized spacial score (nSPS) is 15.2. The van der Waals surface area contributed by atoms with Gasteiger partial charge in [-0.05, 0) is 36.8 Å². The van der Waals surface area contributed by atoms with Crippen molar-refractivity contribution in [3.05, 3.63) is 22.7 Å². The van der Waals surface area contributed by atoms with Crippen LogP contribution in [0.25, 0.3) is 0 Å². The van der Waals surface area contributed by atoms with E-state index >= 15 is 0 Å². The number of nitrogens with one attached hydrogen (secondary N) is 1. The molecule has 0 spiro atoms. The number of anilines is 1. The lowest BCUT2D eigenvalue weighted by molar-refractivity contribution is -0.106. The van der Waals surface area contributed by atoms with E-state index in [0.717, 1.165) is 22.7 Å². The maximum absolute atomic E-state index is 8.81. The quantitative estimate of drug-likeness (QED) is 0.852. The van der Waals surface area contributed by atoms with E-state index in [-0.39, 0.29) is 5.41 Å². The second-order valence-corrected chi connectivity index (χ2v) is 4.99. The van der Waals surface area contributed by atoms with Crippen molar-refractivity contribution in [2.45, 2.75) is 32.1 Å². The van der Waals surface area contributed by atoms with E-state index in [9.17, 15) is 0 Å². The summed E-state index contributed by atoms with van der Waals surface area (Å²) in [6.45, 7) is 3.69. The van der Waals surface area contributed by atoms with Crippen molar-refractivity contribution >= 4 is 23.6 Å². The number of methoxy groups -OCH3 is 1. The van der Waals surface area contributed by atoms with Gasteiger partial charge in [0.15, 0.2) is 0 Å². The predicted octanol–water partition coefficient (Wildman–Crippen LogP) is 3.65. The SMILES string of the molecule is CC=O.CNc1cc(C2(C)CC2)c(Cl)cc1OC. The lowest BCUT2D eigenvalue weighted by Crippen LogP contribution is -2.03. The molecular formula is C14H20ClNO2. The van der Waals surface area contributed by atoms with Gasteiger partial charge in [-0.15, -0.1) is 0 Å². The van der Waals surface area contributed by atoms with E-state index in [1.54, 1.807) is 7.11 Å². The molecular weight excluding hydrogens is 250 g/mol. The van der Waals surface area contributed by atoms with Crippen LogP contribution in [0.5, 0.6) is 5.75 Å². The maximum atomic E-state index is 8.81. The van der Waals surface area contributed by atoms with Crippen LogP contribution < -0.4 is 10.1 Å². The Balaban J connectivity index is 0.000000492. The summed E-state index contributed by atoms with van der Waals surface area (Å²) in [5, 5.41) is 3.94. The van der Waals surface area contributed by atoms with Crippen molar-refractivity contribution in [2.75, 3.05) is 19.5 Å². The zero-order valence-corrected chi connectivity index (χ0v) is 12.1. The van der Waals surface area contributed by atoms with Crippen LogP contribution in [0.2, 0.25) is 5.02 Å². The molecule has 0 saturated heterocycles. The van der Waals surface area contributed by atoms with E-state index < -0.39 is 0 Å². The Labute approximate surface area is 113 Å². The number of benzene rings is 1. The molecule has 1 fully saturated rings. The van der Waals surface area contributed by atoms with Crippen LogP contribution in [0.3, 0.4) is 0 Å². The van der Waals surface area contributed by atoms with Crippen molar-refractivity contribution in [1.82, 2.24) is 0 Å². The first-order valence-electron chi connectivity index (χ1n) is 5.98. The van der Waals surface area contributed by atoms with Crippen LogP contribution in [0.15, 0.2) is 12.1 Å². The molecule has 0 unspecified atom stereocenters. The number of aldehydes is 1. The molecule has 0 bridgehead atoms. The lowest BCUT2D eigenvalue weighted by atomic mass is 9.97. The van der Waals surface area contributed by atoms with Gasteiger partial charge in [0.2, 0.25) is 0 Å². The van der Waals surface area contributed by atoms with Gasteiger partial charge < -0.3 is 14.8 Å². The van der Waals surface area contributed by atoms with Crippen LogP contribution in [0, 0.1) is 0 Å². The van der Waals surface area contributed by atoms with E-state index in [0.29, 0.717) is 0 Å². The molecule has 0 radical (unpaired) electrons. The summed E-state index contributed by atoms with van der Waals surface area (Å²) in [4.78, 5) is 8.81. The van der Waals surface area contributed by atoms with E-state index in [4.69, 9.17) is 21.1 Å². The molecule has 2 rings (SSSR count). The Morgan fingerprint density at radius 1 is 1.44 bits per heavy atom. The van der Waals surface area contributed by atoms with Crippen molar-refractivity contribution < 1.29 is 9.53 Å². The summed E-state index contributed by atoms with van der Waals surface area (Å²) < 4.78 is 5.26. The summed E-state index contributed by atoms with van der Waals surface area (Å²) >= 11 is 6.25. The minimum absolute atomic E-state index is 0.287. The second-order valence-electron chi connectivity index (χ2n) is 4.58. The fourth-order valence-electron chi connectivity index (χ4n) is 1.84. The third kappa shape index (κ3) is 3.16. The molecule has 1 saturated carbocycles. The van der Waals surface area contributed by atoms with Crippen LogP contribution in [-0.4, -0.2) is 20.4 Å². The highest BCUT2D eigenvalue weighted by Gasteiger charge is 2.40. The molecule has 0 aliphatic heterocycles. The summed E-state index contributed by atoms with van der Waals surface area (Å²) in [5.74, 6) is 0.801. The zero-order valence-electron chi connectivity index (χ0n) is 11.3. The molecule has 100 valence electrons. The lowest BCUT2D eigenvalue weighted by Gasteiger charge is -2.16. The fraction of sp³-hybridized carbons (Fsp3) is 0.500. The first-order chi connectivity index (χ1) is 8.52. The molecule has 0 atom stereocenters. The standard InChI is InChI=1S/C12H16ClNO.C2H4O/c1-12(4-5-12)8-6-10(14-2)11(15-3)7-9(8)13;1-2-3/h6-7,14H,4-5H2,1-3H3;2H,1H3. The minimum Gasteiger partial charge on any atom is -0.495 e. The third-order valence-corrected chi connectivity index (χ3v) is 3.52. The monoisotopic (exact) mass is 269 g/mol. The van der Waals surface area contributed by atoms with Gasteiger partial charge in [0.25, 0.3) is 0 Å². The molecule has 1 aromatic rings. The van der Waals surface area contributed by atoms with Crippen molar-refractivity contribution in [3.63, 3.8) is 0 Å². The fourth-order valence-corrected chi connectivity index (χ4v) is 2.22. The Morgan fingerprint density at radius 3 is 2.39 bits per heavy atom. The third-order valence-electron chi connectivity index (χ3n) is 3.21. The number of rotatable bonds is 3. The van der Waals surface area contributed by atoms with Gasteiger partial charge >= 0.3 is 0 Å². The molecule has 1 N–H and O–H groups in total. The second kappa shape index (κ2) is 6.10. The van der Waals surface area contributed by atoms with Gasteiger partial charge in [-0.2, -0.15) is 0 Å². The molecule has 1 aliphatic rings. The number of hydrogen-bond acceptors (Lipinski definition) is 3. The molecule has 4 heteroatoms. The first kappa shape index (κ1) is 14.8. The Morgan fingerprint density at radius 2 is 2.00 bits per heavy atom. The highest BCUT2D eigenvalue weighted by atomic mass is 35.5. The largest absolute Gasteiger partial charge is 0.495 e. The number of carbonyl (C=O) groups excluding carboxylic acids is 1. The summed E-state index contributed by atoms with van der Waals surface area (Å²) in [6.07, 6.45) is 3.20. The van der Waals surface area contributed by atoms with Gasteiger partial charge in [0.1, 0.15) is 12.0 Å².